The molecule has 7 heteroatoms. The molecule has 1 N–H and O–H groups in total. The molecule has 3 heterocycles. The molecule has 0 saturated carbocycles. The predicted molar refractivity (Wildman–Crippen MR) is 111 cm³/mol. The molecule has 1 amide bonds. The first kappa shape index (κ1) is 19.9. The Balaban J connectivity index is 2.15. The molecule has 0 fully saturated rings. The van der Waals surface area contributed by atoms with E-state index in [9.17, 15) is 4.79 Å². The fourth-order valence-corrected chi connectivity index (χ4v) is 3.03. The zero-order chi connectivity index (χ0) is 20.5. The van der Waals surface area contributed by atoms with Crippen molar-refractivity contribution in [2.75, 3.05) is 11.4 Å². The van der Waals surface area contributed by atoms with Gasteiger partial charge in [0, 0.05) is 35.6 Å². The molecule has 7 nitrogen and oxygen atoms in total. The van der Waals surface area contributed by atoms with Gasteiger partial charge in [-0.3, -0.25) is 4.90 Å². The number of anilines is 1. The Hall–Kier alpha value is -2.83. The van der Waals surface area contributed by atoms with E-state index in [1.807, 2.05) is 46.9 Å². The Kier molecular flexibility index (Phi) is 5.45. The number of carbonyl (C=O) groups excluding carboxylic acids is 1. The molecule has 0 aromatic carbocycles. The molecule has 0 atom stereocenters. The van der Waals surface area contributed by atoms with Crippen molar-refractivity contribution < 1.29 is 9.53 Å². The molecule has 0 radical (unpaired) electrons. The van der Waals surface area contributed by atoms with Crippen LogP contribution >= 0.6 is 0 Å². The van der Waals surface area contributed by atoms with Crippen molar-refractivity contribution in [3.63, 3.8) is 0 Å². The van der Waals surface area contributed by atoms with E-state index in [0.717, 1.165) is 41.0 Å². The maximum Gasteiger partial charge on any atom is 0.416 e. The molecule has 3 rings (SSSR count). The number of hydrogen-bond donors (Lipinski definition) is 1. The zero-order valence-electron chi connectivity index (χ0n) is 17.5. The van der Waals surface area contributed by atoms with Gasteiger partial charge < -0.3 is 9.72 Å². The van der Waals surface area contributed by atoms with E-state index in [0.29, 0.717) is 12.4 Å². The first-order valence-electron chi connectivity index (χ1n) is 9.77. The molecule has 0 unspecified atom stereocenters. The number of ether oxygens (including phenoxy) is 1. The summed E-state index contributed by atoms with van der Waals surface area (Å²) in [5.41, 5.74) is 4.04. The monoisotopic (exact) mass is 383 g/mol. The maximum atomic E-state index is 12.9. The summed E-state index contributed by atoms with van der Waals surface area (Å²) >= 11 is 0. The van der Waals surface area contributed by atoms with Gasteiger partial charge in [-0.25, -0.2) is 9.78 Å². The Morgan fingerprint density at radius 1 is 1.29 bits per heavy atom. The molecule has 150 valence electrons. The molecule has 0 bridgehead atoms. The smallest absolute Gasteiger partial charge is 0.416 e. The van der Waals surface area contributed by atoms with E-state index in [4.69, 9.17) is 9.72 Å². The van der Waals surface area contributed by atoms with Crippen LogP contribution in [0.1, 0.15) is 52.3 Å². The van der Waals surface area contributed by atoms with Gasteiger partial charge in [0.1, 0.15) is 11.4 Å². The van der Waals surface area contributed by atoms with Crippen LogP contribution in [0.25, 0.3) is 16.9 Å². The van der Waals surface area contributed by atoms with Crippen LogP contribution in [0.4, 0.5) is 10.6 Å². The quantitative estimate of drug-likeness (QED) is 0.690. The zero-order valence-corrected chi connectivity index (χ0v) is 17.5. The van der Waals surface area contributed by atoms with Crippen LogP contribution in [-0.2, 0) is 11.2 Å². The summed E-state index contributed by atoms with van der Waals surface area (Å²) in [4.78, 5) is 22.6. The number of rotatable bonds is 5. The summed E-state index contributed by atoms with van der Waals surface area (Å²) in [5, 5.41) is 4.45. The highest BCUT2D eigenvalue weighted by Gasteiger charge is 2.26. The number of carbonyl (C=O) groups is 1. The molecule has 28 heavy (non-hydrogen) atoms. The largest absolute Gasteiger partial charge is 0.443 e. The molecule has 0 aliphatic carbocycles. The second-order valence-electron chi connectivity index (χ2n) is 7.96. The van der Waals surface area contributed by atoms with Crippen LogP contribution in [0.15, 0.2) is 24.5 Å². The third-order valence-corrected chi connectivity index (χ3v) is 4.39. The lowest BCUT2D eigenvalue weighted by molar-refractivity contribution is 0.0578. The van der Waals surface area contributed by atoms with Gasteiger partial charge in [-0.05, 0) is 46.6 Å². The molecule has 0 spiro atoms. The number of hydrogen-bond acceptors (Lipinski definition) is 4. The minimum Gasteiger partial charge on any atom is -0.443 e. The summed E-state index contributed by atoms with van der Waals surface area (Å²) in [6.45, 7) is 12.2. The second-order valence-corrected chi connectivity index (χ2v) is 7.96. The lowest BCUT2D eigenvalue weighted by Gasteiger charge is -2.27. The number of H-pyrrole nitrogens is 1. The fraction of sp³-hybridized carbons (Fsp3) is 0.476. The first-order valence-corrected chi connectivity index (χ1v) is 9.77. The Morgan fingerprint density at radius 3 is 2.64 bits per heavy atom. The van der Waals surface area contributed by atoms with Crippen molar-refractivity contribution in [2.45, 2.75) is 60.0 Å². The highest BCUT2D eigenvalue weighted by atomic mass is 16.6. The van der Waals surface area contributed by atoms with Crippen molar-refractivity contribution in [3.8, 4) is 11.3 Å². The van der Waals surface area contributed by atoms with Crippen LogP contribution in [0.2, 0.25) is 0 Å². The highest BCUT2D eigenvalue weighted by Crippen LogP contribution is 2.27. The lowest BCUT2D eigenvalue weighted by atomic mass is 10.2. The van der Waals surface area contributed by atoms with Gasteiger partial charge in [0.25, 0.3) is 0 Å². The van der Waals surface area contributed by atoms with Crippen molar-refractivity contribution in [2.24, 2.45) is 0 Å². The van der Waals surface area contributed by atoms with Crippen LogP contribution in [0, 0.1) is 6.92 Å². The summed E-state index contributed by atoms with van der Waals surface area (Å²) < 4.78 is 7.36. The van der Waals surface area contributed by atoms with Crippen molar-refractivity contribution >= 4 is 17.6 Å². The Labute approximate surface area is 165 Å². The minimum atomic E-state index is -0.575. The standard InChI is InChI=1S/C21H29N5O2/c1-7-9-25(20(27)28-21(4,5)6)18-11-17(15-10-16(8-2)22-13-15)24-19-14(3)12-23-26(18)19/h10-13,22H,7-9H2,1-6H3. The topological polar surface area (TPSA) is 75.5 Å². The number of aryl methyl sites for hydroxylation is 2. The lowest BCUT2D eigenvalue weighted by Crippen LogP contribution is -2.38. The van der Waals surface area contributed by atoms with E-state index in [2.05, 4.69) is 23.1 Å². The number of aromatic nitrogens is 4. The van der Waals surface area contributed by atoms with Gasteiger partial charge in [0.2, 0.25) is 0 Å². The van der Waals surface area contributed by atoms with Crippen LogP contribution in [0.3, 0.4) is 0 Å². The number of amides is 1. The molecule has 0 aliphatic rings. The van der Waals surface area contributed by atoms with Gasteiger partial charge in [0.05, 0.1) is 11.9 Å². The summed E-state index contributed by atoms with van der Waals surface area (Å²) in [6, 6.07) is 3.99. The van der Waals surface area contributed by atoms with E-state index < -0.39 is 5.60 Å². The predicted octanol–water partition coefficient (Wildman–Crippen LogP) is 4.75. The second kappa shape index (κ2) is 7.66. The normalized spacial score (nSPS) is 11.8. The SMILES string of the molecule is CCCN(C(=O)OC(C)(C)C)c1cc(-c2c[nH]c(CC)c2)nc2c(C)cnn12. The van der Waals surface area contributed by atoms with E-state index in [-0.39, 0.29) is 6.09 Å². The van der Waals surface area contributed by atoms with Gasteiger partial charge in [-0.15, -0.1) is 0 Å². The molecular weight excluding hydrogens is 354 g/mol. The van der Waals surface area contributed by atoms with Crippen molar-refractivity contribution in [1.82, 2.24) is 19.6 Å². The van der Waals surface area contributed by atoms with Crippen molar-refractivity contribution in [1.29, 1.82) is 0 Å². The summed E-state index contributed by atoms with van der Waals surface area (Å²) in [5.74, 6) is 0.656. The molecule has 0 aliphatic heterocycles. The maximum absolute atomic E-state index is 12.9. The van der Waals surface area contributed by atoms with Crippen LogP contribution in [-0.4, -0.2) is 37.8 Å². The molecule has 3 aromatic rings. The average Bonchev–Trinajstić information content (AvgIpc) is 3.24. The minimum absolute atomic E-state index is 0.385. The van der Waals surface area contributed by atoms with E-state index in [1.165, 1.54) is 0 Å². The third kappa shape index (κ3) is 4.03. The molecular formula is C21H29N5O2. The Morgan fingerprint density at radius 2 is 2.04 bits per heavy atom. The van der Waals surface area contributed by atoms with E-state index in [1.54, 1.807) is 15.6 Å². The Bertz CT molecular complexity index is 981. The third-order valence-electron chi connectivity index (χ3n) is 4.39. The fourth-order valence-electron chi connectivity index (χ4n) is 3.03. The summed E-state index contributed by atoms with van der Waals surface area (Å²) in [6.07, 6.45) is 5.04. The molecule has 3 aromatic heterocycles. The van der Waals surface area contributed by atoms with Crippen LogP contribution < -0.4 is 4.90 Å². The average molecular weight is 383 g/mol. The first-order chi connectivity index (χ1) is 13.2. The molecule has 0 saturated heterocycles. The van der Waals surface area contributed by atoms with Gasteiger partial charge in [-0.2, -0.15) is 9.61 Å². The van der Waals surface area contributed by atoms with Crippen LogP contribution in [0.5, 0.6) is 0 Å². The highest BCUT2D eigenvalue weighted by molar-refractivity contribution is 5.88. The number of aromatic amines is 1. The number of fused-ring (bicyclic) bond motifs is 1. The van der Waals surface area contributed by atoms with Gasteiger partial charge in [-0.1, -0.05) is 13.8 Å². The summed E-state index contributed by atoms with van der Waals surface area (Å²) in [7, 11) is 0. The number of nitrogens with zero attached hydrogens (tertiary/aromatic N) is 4. The van der Waals surface area contributed by atoms with Crippen molar-refractivity contribution in [3.05, 3.63) is 35.8 Å². The van der Waals surface area contributed by atoms with Gasteiger partial charge in [0.15, 0.2) is 5.65 Å². The van der Waals surface area contributed by atoms with E-state index >= 15 is 0 Å². The number of nitrogens with one attached hydrogen (secondary N) is 1. The van der Waals surface area contributed by atoms with Gasteiger partial charge >= 0.3 is 6.09 Å².